The minimum atomic E-state index is -0.465. The van der Waals surface area contributed by atoms with E-state index in [0.29, 0.717) is 13.1 Å². The van der Waals surface area contributed by atoms with Crippen molar-refractivity contribution in [3.05, 3.63) is 46.2 Å². The van der Waals surface area contributed by atoms with Gasteiger partial charge in [-0.3, -0.25) is 9.59 Å². The number of fused-ring (bicyclic) bond motifs is 1. The average Bonchev–Trinajstić information content (AvgIpc) is 2.38. The number of aliphatic hydroxyl groups is 1. The van der Waals surface area contributed by atoms with Crippen molar-refractivity contribution in [3.63, 3.8) is 0 Å². The zero-order valence-electron chi connectivity index (χ0n) is 10.5. The summed E-state index contributed by atoms with van der Waals surface area (Å²) in [7, 11) is 1.66. The summed E-state index contributed by atoms with van der Waals surface area (Å²) in [6.45, 7) is 0.601. The van der Waals surface area contributed by atoms with E-state index in [0.717, 1.165) is 10.9 Å². The van der Waals surface area contributed by atoms with Crippen LogP contribution in [0, 0.1) is 0 Å². The molecule has 0 atom stereocenters. The Bertz CT molecular complexity index is 714. The topological polar surface area (TPSA) is 62.5 Å². The third-order valence-corrected chi connectivity index (χ3v) is 3.51. The molecule has 1 aromatic carbocycles. The third kappa shape index (κ3) is 1.82. The minimum Gasteiger partial charge on any atom is -0.389 e. The maximum atomic E-state index is 12.2. The molecule has 1 fully saturated rings. The SMILES string of the molecule is Cn1c(=O)c(C(=O)N2CC(O)C2)cc2ccccc21. The highest BCUT2D eigenvalue weighted by Gasteiger charge is 2.31. The molecule has 5 heteroatoms. The maximum Gasteiger partial charge on any atom is 0.263 e. The molecule has 2 aromatic rings. The van der Waals surface area contributed by atoms with Crippen LogP contribution in [0.15, 0.2) is 35.1 Å². The second-order valence-electron chi connectivity index (χ2n) is 4.84. The molecule has 98 valence electrons. The number of likely N-dealkylation sites (tertiary alicyclic amines) is 1. The number of aryl methyl sites for hydroxylation is 1. The van der Waals surface area contributed by atoms with E-state index in [-0.39, 0.29) is 17.0 Å². The van der Waals surface area contributed by atoms with Crippen LogP contribution < -0.4 is 5.56 Å². The van der Waals surface area contributed by atoms with Gasteiger partial charge in [-0.25, -0.2) is 0 Å². The van der Waals surface area contributed by atoms with Gasteiger partial charge in [0.25, 0.3) is 11.5 Å². The average molecular weight is 258 g/mol. The number of carbonyl (C=O) groups excluding carboxylic acids is 1. The number of para-hydroxylation sites is 1. The van der Waals surface area contributed by atoms with Crippen molar-refractivity contribution in [2.45, 2.75) is 6.10 Å². The van der Waals surface area contributed by atoms with E-state index in [1.807, 2.05) is 24.3 Å². The van der Waals surface area contributed by atoms with Crippen LogP contribution >= 0.6 is 0 Å². The molecule has 0 spiro atoms. The number of aliphatic hydroxyl groups excluding tert-OH is 1. The number of β-amino-alcohol motifs (C(OH)–C–C–N with tert-alkyl or cyclic N) is 1. The highest BCUT2D eigenvalue weighted by atomic mass is 16.3. The smallest absolute Gasteiger partial charge is 0.263 e. The molecule has 0 bridgehead atoms. The Hall–Kier alpha value is -2.14. The predicted molar refractivity (Wildman–Crippen MR) is 71.1 cm³/mol. The maximum absolute atomic E-state index is 12.2. The molecule has 5 nitrogen and oxygen atoms in total. The van der Waals surface area contributed by atoms with Crippen molar-refractivity contribution in [2.24, 2.45) is 7.05 Å². The van der Waals surface area contributed by atoms with Crippen molar-refractivity contribution >= 4 is 16.8 Å². The molecule has 19 heavy (non-hydrogen) atoms. The fraction of sp³-hybridized carbons (Fsp3) is 0.286. The standard InChI is InChI=1S/C14H14N2O3/c1-15-12-5-3-2-4-9(12)6-11(13(15)18)14(19)16-7-10(17)8-16/h2-6,10,17H,7-8H2,1H3. The van der Waals surface area contributed by atoms with E-state index < -0.39 is 6.10 Å². The van der Waals surface area contributed by atoms with Gasteiger partial charge in [-0.2, -0.15) is 0 Å². The first-order valence-electron chi connectivity index (χ1n) is 6.14. The predicted octanol–water partition coefficient (Wildman–Crippen LogP) is 0.355. The number of carbonyl (C=O) groups is 1. The van der Waals surface area contributed by atoms with E-state index in [1.165, 1.54) is 9.47 Å². The van der Waals surface area contributed by atoms with Crippen LogP contribution in [-0.4, -0.2) is 39.7 Å². The quantitative estimate of drug-likeness (QED) is 0.803. The number of rotatable bonds is 1. The van der Waals surface area contributed by atoms with Gasteiger partial charge in [-0.15, -0.1) is 0 Å². The third-order valence-electron chi connectivity index (χ3n) is 3.51. The molecular weight excluding hydrogens is 244 g/mol. The molecular formula is C14H14N2O3. The van der Waals surface area contributed by atoms with Gasteiger partial charge in [0.1, 0.15) is 5.56 Å². The Labute approximate surface area is 109 Å². The Morgan fingerprint density at radius 3 is 2.68 bits per heavy atom. The van der Waals surface area contributed by atoms with E-state index in [2.05, 4.69) is 0 Å². The van der Waals surface area contributed by atoms with E-state index in [4.69, 9.17) is 0 Å². The lowest BCUT2D eigenvalue weighted by molar-refractivity contribution is 0.00576. The molecule has 1 aliphatic heterocycles. The van der Waals surface area contributed by atoms with Crippen molar-refractivity contribution in [1.29, 1.82) is 0 Å². The lowest BCUT2D eigenvalue weighted by Crippen LogP contribution is -2.54. The molecule has 2 heterocycles. The molecule has 1 N–H and O–H groups in total. The molecule has 3 rings (SSSR count). The van der Waals surface area contributed by atoms with Crippen molar-refractivity contribution in [1.82, 2.24) is 9.47 Å². The highest BCUT2D eigenvalue weighted by molar-refractivity contribution is 5.97. The van der Waals surface area contributed by atoms with Crippen molar-refractivity contribution in [2.75, 3.05) is 13.1 Å². The molecule has 0 saturated carbocycles. The van der Waals surface area contributed by atoms with Gasteiger partial charge >= 0.3 is 0 Å². The summed E-state index contributed by atoms with van der Waals surface area (Å²) in [6, 6.07) is 9.07. The number of aromatic nitrogens is 1. The van der Waals surface area contributed by atoms with Gasteiger partial charge in [0.2, 0.25) is 0 Å². The number of hydrogen-bond donors (Lipinski definition) is 1. The first-order valence-corrected chi connectivity index (χ1v) is 6.14. The first-order chi connectivity index (χ1) is 9.08. The number of pyridine rings is 1. The van der Waals surface area contributed by atoms with E-state index in [9.17, 15) is 14.7 Å². The van der Waals surface area contributed by atoms with Gasteiger partial charge in [0, 0.05) is 20.1 Å². The fourth-order valence-corrected chi connectivity index (χ4v) is 2.37. The largest absolute Gasteiger partial charge is 0.389 e. The van der Waals surface area contributed by atoms with E-state index in [1.54, 1.807) is 13.1 Å². The molecule has 0 aliphatic carbocycles. The van der Waals surface area contributed by atoms with Crippen molar-refractivity contribution in [3.8, 4) is 0 Å². The summed E-state index contributed by atoms with van der Waals surface area (Å²) in [5, 5.41) is 10.1. The summed E-state index contributed by atoms with van der Waals surface area (Å²) in [5.74, 6) is -0.309. The zero-order chi connectivity index (χ0) is 13.6. The molecule has 0 radical (unpaired) electrons. The second-order valence-corrected chi connectivity index (χ2v) is 4.84. The highest BCUT2D eigenvalue weighted by Crippen LogP contribution is 2.16. The van der Waals surface area contributed by atoms with Crippen LogP contribution in [0.1, 0.15) is 10.4 Å². The van der Waals surface area contributed by atoms with Crippen LogP contribution in [0.3, 0.4) is 0 Å². The number of benzene rings is 1. The van der Waals surface area contributed by atoms with E-state index >= 15 is 0 Å². The monoisotopic (exact) mass is 258 g/mol. The molecule has 1 aliphatic rings. The molecule has 1 aromatic heterocycles. The molecule has 0 unspecified atom stereocenters. The first kappa shape index (κ1) is 11.9. The summed E-state index contributed by atoms with van der Waals surface area (Å²) >= 11 is 0. The summed E-state index contributed by atoms with van der Waals surface area (Å²) < 4.78 is 1.48. The number of nitrogens with zero attached hydrogens (tertiary/aromatic N) is 2. The van der Waals surface area contributed by atoms with Crippen LogP contribution in [0.25, 0.3) is 10.9 Å². The lowest BCUT2D eigenvalue weighted by Gasteiger charge is -2.35. The number of hydrogen-bond acceptors (Lipinski definition) is 3. The van der Waals surface area contributed by atoms with Gasteiger partial charge in [0.15, 0.2) is 0 Å². The Kier molecular flexibility index (Phi) is 2.64. The number of amides is 1. The second kappa shape index (κ2) is 4.20. The van der Waals surface area contributed by atoms with Gasteiger partial charge in [-0.05, 0) is 17.5 Å². The van der Waals surface area contributed by atoms with Crippen LogP contribution in [0.2, 0.25) is 0 Å². The fourth-order valence-electron chi connectivity index (χ4n) is 2.37. The Morgan fingerprint density at radius 1 is 1.32 bits per heavy atom. The Morgan fingerprint density at radius 2 is 2.00 bits per heavy atom. The van der Waals surface area contributed by atoms with Gasteiger partial charge < -0.3 is 14.6 Å². The van der Waals surface area contributed by atoms with Gasteiger partial charge in [-0.1, -0.05) is 18.2 Å². The van der Waals surface area contributed by atoms with Gasteiger partial charge in [0.05, 0.1) is 11.6 Å². The van der Waals surface area contributed by atoms with Crippen LogP contribution in [0.4, 0.5) is 0 Å². The zero-order valence-corrected chi connectivity index (χ0v) is 10.5. The molecule has 1 saturated heterocycles. The van der Waals surface area contributed by atoms with Crippen LogP contribution in [0.5, 0.6) is 0 Å². The normalized spacial score (nSPS) is 15.6. The summed E-state index contributed by atoms with van der Waals surface area (Å²) in [5.41, 5.74) is 0.658. The summed E-state index contributed by atoms with van der Waals surface area (Å²) in [6.07, 6.45) is -0.465. The molecule has 1 amide bonds. The minimum absolute atomic E-state index is 0.160. The lowest BCUT2D eigenvalue weighted by atomic mass is 10.1. The summed E-state index contributed by atoms with van der Waals surface area (Å²) in [4.78, 5) is 25.9. The Balaban J connectivity index is 2.11. The van der Waals surface area contributed by atoms with Crippen molar-refractivity contribution < 1.29 is 9.90 Å². The van der Waals surface area contributed by atoms with Crippen LogP contribution in [-0.2, 0) is 7.05 Å².